The summed E-state index contributed by atoms with van der Waals surface area (Å²) < 4.78 is 0. The number of rotatable bonds is 5. The number of carbonyl (C=O) groups is 1. The molecule has 0 unspecified atom stereocenters. The fourth-order valence-electron chi connectivity index (χ4n) is 1.64. The first-order valence-electron chi connectivity index (χ1n) is 5.16. The summed E-state index contributed by atoms with van der Waals surface area (Å²) in [6, 6.07) is 0.604. The summed E-state index contributed by atoms with van der Waals surface area (Å²) in [5.41, 5.74) is 0. The molecule has 2 aliphatic carbocycles. The molecule has 0 radical (unpaired) electrons. The fraction of sp³-hybridized carbons (Fsp3) is 0.900. The Hall–Kier alpha value is -0.0500. The van der Waals surface area contributed by atoms with Crippen molar-refractivity contribution in [1.82, 2.24) is 4.90 Å². The lowest BCUT2D eigenvalue weighted by atomic mass is 10.3. The number of nitrogens with zero attached hydrogens (tertiary/aromatic N) is 1. The average molecular weight is 246 g/mol. The van der Waals surface area contributed by atoms with Gasteiger partial charge in [-0.2, -0.15) is 0 Å². The van der Waals surface area contributed by atoms with Crippen LogP contribution in [0.1, 0.15) is 32.1 Å². The highest BCUT2D eigenvalue weighted by molar-refractivity contribution is 9.09. The van der Waals surface area contributed by atoms with Crippen LogP contribution in [0, 0.1) is 5.92 Å². The third-order valence-corrected chi connectivity index (χ3v) is 3.16. The van der Waals surface area contributed by atoms with Crippen LogP contribution in [0.4, 0.5) is 0 Å². The highest BCUT2D eigenvalue weighted by Crippen LogP contribution is 2.35. The summed E-state index contributed by atoms with van der Waals surface area (Å²) in [7, 11) is 0. The maximum absolute atomic E-state index is 11.7. The van der Waals surface area contributed by atoms with E-state index in [-0.39, 0.29) is 0 Å². The average Bonchev–Trinajstić information content (AvgIpc) is 2.95. The lowest BCUT2D eigenvalue weighted by Gasteiger charge is -2.21. The predicted molar refractivity (Wildman–Crippen MR) is 55.9 cm³/mol. The largest absolute Gasteiger partial charge is 0.339 e. The zero-order valence-corrected chi connectivity index (χ0v) is 9.42. The van der Waals surface area contributed by atoms with E-state index in [1.54, 1.807) is 0 Å². The predicted octanol–water partition coefficient (Wildman–Crippen LogP) is 2.17. The van der Waals surface area contributed by atoms with Crippen molar-refractivity contribution >= 4 is 21.8 Å². The minimum atomic E-state index is 0.353. The second-order valence-electron chi connectivity index (χ2n) is 4.16. The van der Waals surface area contributed by atoms with Crippen LogP contribution in [0.2, 0.25) is 0 Å². The number of alkyl halides is 1. The zero-order chi connectivity index (χ0) is 9.26. The SMILES string of the molecule is O=C(CCBr)N(CC1CC1)C1CC1. The number of hydrogen-bond acceptors (Lipinski definition) is 1. The van der Waals surface area contributed by atoms with Gasteiger partial charge in [-0.3, -0.25) is 4.79 Å². The standard InChI is InChI=1S/C10H16BrNO/c11-6-5-10(13)12(9-3-4-9)7-8-1-2-8/h8-9H,1-7H2. The molecule has 74 valence electrons. The summed E-state index contributed by atoms with van der Waals surface area (Å²) in [6.07, 6.45) is 5.82. The van der Waals surface area contributed by atoms with E-state index in [1.165, 1.54) is 25.7 Å². The van der Waals surface area contributed by atoms with Gasteiger partial charge in [0.1, 0.15) is 0 Å². The lowest BCUT2D eigenvalue weighted by molar-refractivity contribution is -0.131. The van der Waals surface area contributed by atoms with Gasteiger partial charge in [-0.15, -0.1) is 0 Å². The first-order chi connectivity index (χ1) is 6.31. The Balaban J connectivity index is 1.83. The second kappa shape index (κ2) is 3.99. The normalized spacial score (nSPS) is 21.6. The third kappa shape index (κ3) is 2.70. The number of hydrogen-bond donors (Lipinski definition) is 0. The van der Waals surface area contributed by atoms with Crippen molar-refractivity contribution in [3.05, 3.63) is 0 Å². The van der Waals surface area contributed by atoms with Gasteiger partial charge in [0.2, 0.25) is 5.91 Å². The Kier molecular flexibility index (Phi) is 2.92. The Bertz CT molecular complexity index is 199. The summed E-state index contributed by atoms with van der Waals surface area (Å²) in [5, 5.41) is 0.805. The van der Waals surface area contributed by atoms with E-state index in [1.807, 2.05) is 0 Å². The van der Waals surface area contributed by atoms with Gasteiger partial charge in [0, 0.05) is 24.3 Å². The lowest BCUT2D eigenvalue weighted by Crippen LogP contribution is -2.34. The highest BCUT2D eigenvalue weighted by Gasteiger charge is 2.35. The van der Waals surface area contributed by atoms with Crippen LogP contribution in [-0.4, -0.2) is 28.7 Å². The molecule has 2 aliphatic rings. The molecule has 0 aromatic heterocycles. The Morgan fingerprint density at radius 1 is 1.31 bits per heavy atom. The van der Waals surface area contributed by atoms with Gasteiger partial charge in [-0.25, -0.2) is 0 Å². The van der Waals surface area contributed by atoms with E-state index in [9.17, 15) is 4.79 Å². The summed E-state index contributed by atoms with van der Waals surface area (Å²) in [4.78, 5) is 13.8. The van der Waals surface area contributed by atoms with Crippen LogP contribution in [0.25, 0.3) is 0 Å². The minimum Gasteiger partial charge on any atom is -0.339 e. The molecule has 13 heavy (non-hydrogen) atoms. The van der Waals surface area contributed by atoms with Crippen LogP contribution >= 0.6 is 15.9 Å². The van der Waals surface area contributed by atoms with Crippen molar-refractivity contribution in [2.75, 3.05) is 11.9 Å². The quantitative estimate of drug-likeness (QED) is 0.681. The first-order valence-corrected chi connectivity index (χ1v) is 6.29. The number of amides is 1. The molecule has 0 atom stereocenters. The molecular weight excluding hydrogens is 230 g/mol. The van der Waals surface area contributed by atoms with Gasteiger partial charge in [0.15, 0.2) is 0 Å². The van der Waals surface area contributed by atoms with Gasteiger partial charge in [-0.1, -0.05) is 15.9 Å². The van der Waals surface area contributed by atoms with Gasteiger partial charge in [-0.05, 0) is 31.6 Å². The monoisotopic (exact) mass is 245 g/mol. The van der Waals surface area contributed by atoms with Crippen molar-refractivity contribution in [2.45, 2.75) is 38.1 Å². The zero-order valence-electron chi connectivity index (χ0n) is 7.84. The topological polar surface area (TPSA) is 20.3 Å². The first kappa shape index (κ1) is 9.50. The molecule has 2 rings (SSSR count). The summed E-state index contributed by atoms with van der Waals surface area (Å²) >= 11 is 3.32. The molecule has 2 saturated carbocycles. The fourth-order valence-corrected chi connectivity index (χ4v) is 1.98. The third-order valence-electron chi connectivity index (χ3n) is 2.77. The van der Waals surface area contributed by atoms with Gasteiger partial charge in [0.25, 0.3) is 0 Å². The maximum Gasteiger partial charge on any atom is 0.223 e. The van der Waals surface area contributed by atoms with Crippen LogP contribution in [0.5, 0.6) is 0 Å². The Morgan fingerprint density at radius 3 is 2.46 bits per heavy atom. The highest BCUT2D eigenvalue weighted by atomic mass is 79.9. The molecule has 0 aromatic rings. The molecule has 3 heteroatoms. The van der Waals surface area contributed by atoms with Crippen molar-refractivity contribution in [1.29, 1.82) is 0 Å². The molecule has 0 bridgehead atoms. The van der Waals surface area contributed by atoms with Gasteiger partial charge < -0.3 is 4.90 Å². The summed E-state index contributed by atoms with van der Waals surface area (Å²) in [6.45, 7) is 1.04. The molecule has 0 heterocycles. The van der Waals surface area contributed by atoms with Crippen molar-refractivity contribution < 1.29 is 4.79 Å². The van der Waals surface area contributed by atoms with E-state index in [2.05, 4.69) is 20.8 Å². The molecular formula is C10H16BrNO. The molecule has 0 spiro atoms. The Labute approximate surface area is 87.8 Å². The molecule has 1 amide bonds. The van der Waals surface area contributed by atoms with Crippen LogP contribution in [0.3, 0.4) is 0 Å². The minimum absolute atomic E-state index is 0.353. The van der Waals surface area contributed by atoms with Crippen molar-refractivity contribution in [3.8, 4) is 0 Å². The molecule has 2 fully saturated rings. The molecule has 2 nitrogen and oxygen atoms in total. The van der Waals surface area contributed by atoms with Crippen LogP contribution in [0.15, 0.2) is 0 Å². The Morgan fingerprint density at radius 2 is 2.00 bits per heavy atom. The van der Waals surface area contributed by atoms with Crippen molar-refractivity contribution in [3.63, 3.8) is 0 Å². The van der Waals surface area contributed by atoms with Gasteiger partial charge in [0.05, 0.1) is 0 Å². The van der Waals surface area contributed by atoms with Gasteiger partial charge >= 0.3 is 0 Å². The smallest absolute Gasteiger partial charge is 0.223 e. The van der Waals surface area contributed by atoms with Crippen molar-refractivity contribution in [2.24, 2.45) is 5.92 Å². The van der Waals surface area contributed by atoms with E-state index in [4.69, 9.17) is 0 Å². The van der Waals surface area contributed by atoms with E-state index >= 15 is 0 Å². The van der Waals surface area contributed by atoms with Crippen LogP contribution < -0.4 is 0 Å². The second-order valence-corrected chi connectivity index (χ2v) is 4.95. The number of halogens is 1. The number of carbonyl (C=O) groups excluding carboxylic acids is 1. The molecule has 0 aromatic carbocycles. The molecule has 0 N–H and O–H groups in total. The maximum atomic E-state index is 11.7. The molecule has 0 saturated heterocycles. The van der Waals surface area contributed by atoms with E-state index < -0.39 is 0 Å². The van der Waals surface area contributed by atoms with E-state index in [0.717, 1.165) is 17.8 Å². The summed E-state index contributed by atoms with van der Waals surface area (Å²) in [5.74, 6) is 1.19. The molecule has 0 aliphatic heterocycles. The van der Waals surface area contributed by atoms with Crippen LogP contribution in [-0.2, 0) is 4.79 Å². The van der Waals surface area contributed by atoms with E-state index in [0.29, 0.717) is 18.4 Å².